The van der Waals surface area contributed by atoms with Crippen LogP contribution >= 0.6 is 15.9 Å². The van der Waals surface area contributed by atoms with Crippen LogP contribution in [0.3, 0.4) is 0 Å². The maximum absolute atomic E-state index is 12.8. The highest BCUT2D eigenvalue weighted by molar-refractivity contribution is 9.10. The Labute approximate surface area is 132 Å². The van der Waals surface area contributed by atoms with E-state index in [1.807, 2.05) is 0 Å². The van der Waals surface area contributed by atoms with Crippen molar-refractivity contribution >= 4 is 27.7 Å². The number of carbonyl (C=O) groups is 1. The molecular weight excluding hydrogens is 367 g/mol. The van der Waals surface area contributed by atoms with Gasteiger partial charge in [0.15, 0.2) is 11.5 Å². The molecule has 0 aliphatic heterocycles. The van der Waals surface area contributed by atoms with Crippen molar-refractivity contribution in [1.29, 1.82) is 0 Å². The number of rotatable bonds is 3. The summed E-state index contributed by atoms with van der Waals surface area (Å²) in [6.07, 6.45) is -2.95. The molecule has 6 nitrogen and oxygen atoms in total. The number of amides is 1. The summed E-state index contributed by atoms with van der Waals surface area (Å²) < 4.78 is 40.9. The number of nitrogens with one attached hydrogen (secondary N) is 1. The van der Waals surface area contributed by atoms with E-state index in [0.29, 0.717) is 5.82 Å². The van der Waals surface area contributed by atoms with Gasteiger partial charge in [0.1, 0.15) is 6.04 Å². The molecule has 0 fully saturated rings. The first-order valence-electron chi connectivity index (χ1n) is 6.23. The number of carbonyl (C=O) groups excluding carboxylic acids is 1. The van der Waals surface area contributed by atoms with Gasteiger partial charge in [0, 0.05) is 19.3 Å². The molecule has 1 N–H and O–H groups in total. The number of aryl methyl sites for hydroxylation is 1. The second-order valence-electron chi connectivity index (χ2n) is 4.73. The Balaban J connectivity index is 2.25. The molecule has 0 saturated carbocycles. The van der Waals surface area contributed by atoms with Gasteiger partial charge < -0.3 is 5.32 Å². The SMILES string of the molecule is Cc1c(Br)c(C(F)(F)F)nn1C(C)C(=O)Nc1ccn(C)n1. The van der Waals surface area contributed by atoms with E-state index < -0.39 is 23.8 Å². The third-order valence-electron chi connectivity index (χ3n) is 3.06. The Morgan fingerprint density at radius 3 is 2.50 bits per heavy atom. The van der Waals surface area contributed by atoms with Crippen LogP contribution in [0.15, 0.2) is 16.7 Å². The number of hydrogen-bond acceptors (Lipinski definition) is 3. The second-order valence-corrected chi connectivity index (χ2v) is 5.52. The fourth-order valence-electron chi connectivity index (χ4n) is 1.88. The lowest BCUT2D eigenvalue weighted by atomic mass is 10.3. The van der Waals surface area contributed by atoms with E-state index in [9.17, 15) is 18.0 Å². The molecule has 2 aromatic heterocycles. The monoisotopic (exact) mass is 379 g/mol. The minimum absolute atomic E-state index is 0.169. The molecule has 120 valence electrons. The topological polar surface area (TPSA) is 64.7 Å². The third-order valence-corrected chi connectivity index (χ3v) is 4.01. The van der Waals surface area contributed by atoms with Crippen LogP contribution in [-0.4, -0.2) is 25.5 Å². The zero-order valence-corrected chi connectivity index (χ0v) is 13.5. The number of anilines is 1. The van der Waals surface area contributed by atoms with Crippen LogP contribution in [0.25, 0.3) is 0 Å². The summed E-state index contributed by atoms with van der Waals surface area (Å²) in [6.45, 7) is 2.92. The van der Waals surface area contributed by atoms with Crippen LogP contribution in [0.5, 0.6) is 0 Å². The minimum Gasteiger partial charge on any atom is -0.307 e. The van der Waals surface area contributed by atoms with Crippen LogP contribution < -0.4 is 5.32 Å². The van der Waals surface area contributed by atoms with Crippen LogP contribution in [0.2, 0.25) is 0 Å². The van der Waals surface area contributed by atoms with Gasteiger partial charge in [0.05, 0.1) is 10.2 Å². The van der Waals surface area contributed by atoms with E-state index >= 15 is 0 Å². The molecule has 0 aromatic carbocycles. The third kappa shape index (κ3) is 3.16. The predicted molar refractivity (Wildman–Crippen MR) is 76.2 cm³/mol. The van der Waals surface area contributed by atoms with E-state index in [2.05, 4.69) is 31.4 Å². The average Bonchev–Trinajstić information content (AvgIpc) is 2.93. The summed E-state index contributed by atoms with van der Waals surface area (Å²) in [6, 6.07) is 0.659. The lowest BCUT2D eigenvalue weighted by Gasteiger charge is -2.13. The number of halogens is 4. The maximum atomic E-state index is 12.8. The van der Waals surface area contributed by atoms with Crippen molar-refractivity contribution in [2.45, 2.75) is 26.1 Å². The number of hydrogen-bond donors (Lipinski definition) is 1. The van der Waals surface area contributed by atoms with Gasteiger partial charge in [0.2, 0.25) is 5.91 Å². The minimum atomic E-state index is -4.59. The molecule has 0 radical (unpaired) electrons. The Morgan fingerprint density at radius 1 is 1.41 bits per heavy atom. The summed E-state index contributed by atoms with van der Waals surface area (Å²) in [7, 11) is 1.68. The van der Waals surface area contributed by atoms with E-state index in [1.165, 1.54) is 18.5 Å². The number of nitrogens with zero attached hydrogens (tertiary/aromatic N) is 4. The molecule has 2 aromatic rings. The van der Waals surface area contributed by atoms with Gasteiger partial charge in [-0.1, -0.05) is 0 Å². The Kier molecular flexibility index (Phi) is 4.32. The first kappa shape index (κ1) is 16.5. The molecule has 0 spiro atoms. The van der Waals surface area contributed by atoms with Crippen molar-refractivity contribution in [1.82, 2.24) is 19.6 Å². The van der Waals surface area contributed by atoms with Crippen molar-refractivity contribution in [3.05, 3.63) is 28.1 Å². The highest BCUT2D eigenvalue weighted by Crippen LogP contribution is 2.36. The number of alkyl halides is 3. The standard InChI is InChI=1S/C12H13BrF3N5O/c1-6-9(13)10(12(14,15)16)19-21(6)7(2)11(22)17-8-4-5-20(3)18-8/h4-5,7H,1-3H3,(H,17,18,22). The smallest absolute Gasteiger partial charge is 0.307 e. The molecule has 2 rings (SSSR count). The number of aromatic nitrogens is 4. The maximum Gasteiger partial charge on any atom is 0.436 e. The van der Waals surface area contributed by atoms with Gasteiger partial charge in [-0.3, -0.25) is 14.2 Å². The molecular formula is C12H13BrF3N5O. The zero-order valence-electron chi connectivity index (χ0n) is 11.9. The first-order valence-corrected chi connectivity index (χ1v) is 7.03. The van der Waals surface area contributed by atoms with Crippen molar-refractivity contribution in [3.63, 3.8) is 0 Å². The Morgan fingerprint density at radius 2 is 2.05 bits per heavy atom. The molecule has 1 amide bonds. The normalized spacial score (nSPS) is 13.2. The van der Waals surface area contributed by atoms with Crippen LogP contribution in [0.4, 0.5) is 19.0 Å². The summed E-state index contributed by atoms with van der Waals surface area (Å²) in [5, 5.41) is 10.0. The first-order chi connectivity index (χ1) is 10.1. The summed E-state index contributed by atoms with van der Waals surface area (Å²) in [5.41, 5.74) is -0.835. The average molecular weight is 380 g/mol. The van der Waals surface area contributed by atoms with Crippen LogP contribution in [0.1, 0.15) is 24.4 Å². The summed E-state index contributed by atoms with van der Waals surface area (Å²) in [4.78, 5) is 12.1. The molecule has 1 unspecified atom stereocenters. The predicted octanol–water partition coefficient (Wildman–Crippen LogP) is 2.91. The molecule has 1 atom stereocenters. The zero-order chi connectivity index (χ0) is 16.7. The van der Waals surface area contributed by atoms with Crippen LogP contribution in [-0.2, 0) is 18.0 Å². The van der Waals surface area contributed by atoms with Crippen molar-refractivity contribution in [2.24, 2.45) is 7.05 Å². The molecule has 2 heterocycles. The van der Waals surface area contributed by atoms with Gasteiger partial charge in [0.25, 0.3) is 0 Å². The quantitative estimate of drug-likeness (QED) is 0.891. The highest BCUT2D eigenvalue weighted by Gasteiger charge is 2.38. The molecule has 0 aliphatic rings. The van der Waals surface area contributed by atoms with Gasteiger partial charge in [-0.15, -0.1) is 0 Å². The van der Waals surface area contributed by atoms with E-state index in [-0.39, 0.29) is 10.2 Å². The van der Waals surface area contributed by atoms with Crippen molar-refractivity contribution in [3.8, 4) is 0 Å². The second kappa shape index (κ2) is 5.75. The van der Waals surface area contributed by atoms with Gasteiger partial charge in [-0.05, 0) is 29.8 Å². The van der Waals surface area contributed by atoms with Crippen LogP contribution in [0, 0.1) is 6.92 Å². The molecule has 10 heteroatoms. The van der Waals surface area contributed by atoms with E-state index in [0.717, 1.165) is 4.68 Å². The summed E-state index contributed by atoms with van der Waals surface area (Å²) in [5.74, 6) is -0.190. The van der Waals surface area contributed by atoms with E-state index in [4.69, 9.17) is 0 Å². The fourth-order valence-corrected chi connectivity index (χ4v) is 2.37. The summed E-state index contributed by atoms with van der Waals surface area (Å²) >= 11 is 2.87. The molecule has 0 saturated heterocycles. The Hall–Kier alpha value is -1.84. The Bertz CT molecular complexity index is 706. The largest absolute Gasteiger partial charge is 0.436 e. The van der Waals surface area contributed by atoms with Crippen molar-refractivity contribution in [2.75, 3.05) is 5.32 Å². The lowest BCUT2D eigenvalue weighted by Crippen LogP contribution is -2.25. The molecule has 22 heavy (non-hydrogen) atoms. The van der Waals surface area contributed by atoms with Crippen molar-refractivity contribution < 1.29 is 18.0 Å². The van der Waals surface area contributed by atoms with Gasteiger partial charge in [-0.2, -0.15) is 23.4 Å². The van der Waals surface area contributed by atoms with E-state index in [1.54, 1.807) is 19.3 Å². The lowest BCUT2D eigenvalue weighted by molar-refractivity contribution is -0.142. The highest BCUT2D eigenvalue weighted by atomic mass is 79.9. The van der Waals surface area contributed by atoms with Gasteiger partial charge in [-0.25, -0.2) is 0 Å². The molecule has 0 bridgehead atoms. The molecule has 0 aliphatic carbocycles. The van der Waals surface area contributed by atoms with Gasteiger partial charge >= 0.3 is 6.18 Å². The fraction of sp³-hybridized carbons (Fsp3) is 0.417.